The van der Waals surface area contributed by atoms with Crippen LogP contribution >= 0.6 is 11.6 Å². The van der Waals surface area contributed by atoms with Crippen molar-refractivity contribution in [2.24, 2.45) is 4.99 Å². The summed E-state index contributed by atoms with van der Waals surface area (Å²) in [7, 11) is 0. The van der Waals surface area contributed by atoms with Crippen molar-refractivity contribution in [1.29, 1.82) is 0 Å². The Balaban J connectivity index is 0.000000181. The van der Waals surface area contributed by atoms with Gasteiger partial charge in [-0.15, -0.1) is 0 Å². The number of anilines is 2. The second kappa shape index (κ2) is 14.5. The molecule has 0 amide bonds. The number of benzene rings is 6. The summed E-state index contributed by atoms with van der Waals surface area (Å²) in [5, 5.41) is 43.1. The van der Waals surface area contributed by atoms with Gasteiger partial charge in [0.05, 0.1) is 31.8 Å². The largest absolute Gasteiger partial charge is 0.507 e. The van der Waals surface area contributed by atoms with E-state index >= 15 is 0 Å². The summed E-state index contributed by atoms with van der Waals surface area (Å²) in [5.74, 6) is 0.185. The standard InChI is InChI=1S/C23H16N2O3.C13H6ClF3N4O3/c26-23-14-9-18-3-1-2-4-21(18)22(23)15-24-19-10-5-16(6-11-19)17-7-12-20(13-8-17)25(27)28;14-8-2-1-6(5-7(8)13(15,16)17)18-9-3-4-10(21(22)23)12-11(9)19-24-20-12/h1-15,26H;1-5,18H/b24-15+;. The van der Waals surface area contributed by atoms with Gasteiger partial charge in [-0.2, -0.15) is 13.2 Å². The fourth-order valence-electron chi connectivity index (χ4n) is 5.15. The number of fused-ring (bicyclic) bond motifs is 2. The molecule has 6 aromatic carbocycles. The van der Waals surface area contributed by atoms with Crippen LogP contribution in [0.25, 0.3) is 32.9 Å². The van der Waals surface area contributed by atoms with Crippen LogP contribution in [-0.4, -0.2) is 31.5 Å². The molecule has 0 spiro atoms. The first-order valence-electron chi connectivity index (χ1n) is 15.0. The highest BCUT2D eigenvalue weighted by molar-refractivity contribution is 6.31. The van der Waals surface area contributed by atoms with Gasteiger partial charge in [-0.1, -0.05) is 54.1 Å². The summed E-state index contributed by atoms with van der Waals surface area (Å²) in [5.41, 5.74) is 2.18. The van der Waals surface area contributed by atoms with E-state index in [0.29, 0.717) is 5.56 Å². The summed E-state index contributed by atoms with van der Waals surface area (Å²) in [4.78, 5) is 25.1. The first-order valence-corrected chi connectivity index (χ1v) is 15.4. The first kappa shape index (κ1) is 35.0. The van der Waals surface area contributed by atoms with Crippen LogP contribution in [0.2, 0.25) is 5.02 Å². The van der Waals surface area contributed by atoms with Crippen molar-refractivity contribution in [3.05, 3.63) is 152 Å². The molecule has 2 N–H and O–H groups in total. The van der Waals surface area contributed by atoms with Gasteiger partial charge in [0.25, 0.3) is 5.69 Å². The quantitative estimate of drug-likeness (QED) is 0.0921. The molecule has 0 unspecified atom stereocenters. The number of hydrogen-bond acceptors (Lipinski definition) is 10. The fourth-order valence-corrected chi connectivity index (χ4v) is 5.38. The highest BCUT2D eigenvalue weighted by Crippen LogP contribution is 2.38. The third kappa shape index (κ3) is 7.64. The first-order chi connectivity index (χ1) is 24.9. The molecule has 0 aliphatic carbocycles. The van der Waals surface area contributed by atoms with Gasteiger partial charge >= 0.3 is 11.9 Å². The minimum atomic E-state index is -4.62. The lowest BCUT2D eigenvalue weighted by Gasteiger charge is -2.12. The molecule has 16 heteroatoms. The minimum Gasteiger partial charge on any atom is -0.507 e. The molecule has 260 valence electrons. The van der Waals surface area contributed by atoms with Crippen LogP contribution in [0.4, 0.5) is 41.6 Å². The molecule has 0 atom stereocenters. The van der Waals surface area contributed by atoms with Gasteiger partial charge in [0, 0.05) is 35.7 Å². The van der Waals surface area contributed by atoms with Crippen molar-refractivity contribution < 1.29 is 32.8 Å². The molecule has 1 aromatic heterocycles. The van der Waals surface area contributed by atoms with Gasteiger partial charge in [-0.05, 0) is 86.8 Å². The number of nitro benzene ring substituents is 2. The van der Waals surface area contributed by atoms with Gasteiger partial charge in [0.15, 0.2) is 5.52 Å². The van der Waals surface area contributed by atoms with Crippen LogP contribution in [0.15, 0.2) is 125 Å². The lowest BCUT2D eigenvalue weighted by atomic mass is 10.0. The number of aliphatic imine (C=N–C) groups is 1. The number of alkyl halides is 3. The van der Waals surface area contributed by atoms with E-state index in [2.05, 4.69) is 25.3 Å². The number of nitrogens with one attached hydrogen (secondary N) is 1. The maximum atomic E-state index is 12.9. The van der Waals surface area contributed by atoms with Crippen molar-refractivity contribution in [2.75, 3.05) is 5.32 Å². The summed E-state index contributed by atoms with van der Waals surface area (Å²) < 4.78 is 43.2. The number of halogens is 4. The number of aromatic hydroxyl groups is 1. The van der Waals surface area contributed by atoms with Crippen molar-refractivity contribution >= 4 is 68.1 Å². The van der Waals surface area contributed by atoms with Crippen molar-refractivity contribution in [1.82, 2.24) is 10.3 Å². The van der Waals surface area contributed by atoms with E-state index in [0.717, 1.165) is 45.8 Å². The highest BCUT2D eigenvalue weighted by Gasteiger charge is 2.33. The molecule has 0 aliphatic heterocycles. The molecule has 0 saturated heterocycles. The normalized spacial score (nSPS) is 11.4. The van der Waals surface area contributed by atoms with Gasteiger partial charge in [-0.25, -0.2) is 4.63 Å². The SMILES string of the molecule is O=[N+]([O-])c1ccc(-c2ccc(/N=C/c3c(O)ccc4ccccc34)cc2)cc1.O=[N+]([O-])c1ccc(Nc2ccc(Cl)c(C(F)(F)F)c2)c2nonc12. The van der Waals surface area contributed by atoms with Crippen LogP contribution in [0.5, 0.6) is 5.75 Å². The molecule has 52 heavy (non-hydrogen) atoms. The number of phenolic OH excluding ortho intramolecular Hbond substituents is 1. The molecular weight excluding hydrogens is 705 g/mol. The maximum Gasteiger partial charge on any atom is 0.417 e. The Morgan fingerprint density at radius 1 is 0.808 bits per heavy atom. The van der Waals surface area contributed by atoms with Crippen molar-refractivity contribution in [3.63, 3.8) is 0 Å². The number of phenols is 1. The number of nitro groups is 2. The monoisotopic (exact) mass is 726 g/mol. The Morgan fingerprint density at radius 2 is 1.48 bits per heavy atom. The van der Waals surface area contributed by atoms with Crippen LogP contribution in [0.1, 0.15) is 11.1 Å². The van der Waals surface area contributed by atoms with E-state index < -0.39 is 26.6 Å². The van der Waals surface area contributed by atoms with E-state index in [9.17, 15) is 38.5 Å². The predicted octanol–water partition coefficient (Wildman–Crippen LogP) is 10.4. The molecule has 0 radical (unpaired) electrons. The number of aromatic nitrogens is 2. The Hall–Kier alpha value is -6.87. The van der Waals surface area contributed by atoms with Crippen LogP contribution < -0.4 is 5.32 Å². The zero-order valence-electron chi connectivity index (χ0n) is 26.3. The van der Waals surface area contributed by atoms with Gasteiger partial charge < -0.3 is 10.4 Å². The van der Waals surface area contributed by atoms with Crippen molar-refractivity contribution in [2.45, 2.75) is 6.18 Å². The smallest absolute Gasteiger partial charge is 0.417 e. The fraction of sp³-hybridized carbons (Fsp3) is 0.0278. The topological polar surface area (TPSA) is 170 Å². The van der Waals surface area contributed by atoms with E-state index in [1.807, 2.05) is 54.6 Å². The summed E-state index contributed by atoms with van der Waals surface area (Å²) in [6.07, 6.45) is -2.95. The number of hydrogen-bond donors (Lipinski definition) is 2. The lowest BCUT2D eigenvalue weighted by Crippen LogP contribution is -2.06. The third-order valence-corrected chi connectivity index (χ3v) is 8.04. The number of rotatable bonds is 7. The van der Waals surface area contributed by atoms with E-state index in [4.69, 9.17) is 11.6 Å². The number of non-ortho nitro benzene ring substituents is 2. The lowest BCUT2D eigenvalue weighted by molar-refractivity contribution is -0.384. The van der Waals surface area contributed by atoms with E-state index in [1.54, 1.807) is 24.4 Å². The second-order valence-electron chi connectivity index (χ2n) is 11.0. The second-order valence-corrected chi connectivity index (χ2v) is 11.4. The van der Waals surface area contributed by atoms with Crippen LogP contribution in [-0.2, 0) is 6.18 Å². The average Bonchev–Trinajstić information content (AvgIpc) is 3.63. The molecule has 0 saturated carbocycles. The Morgan fingerprint density at radius 3 is 2.15 bits per heavy atom. The molecule has 7 aromatic rings. The highest BCUT2D eigenvalue weighted by atomic mass is 35.5. The zero-order valence-corrected chi connectivity index (χ0v) is 27.0. The molecule has 7 rings (SSSR count). The molecule has 0 bridgehead atoms. The zero-order chi connectivity index (χ0) is 37.0. The summed E-state index contributed by atoms with van der Waals surface area (Å²) in [6.45, 7) is 0. The Kier molecular flexibility index (Phi) is 9.78. The maximum absolute atomic E-state index is 12.9. The van der Waals surface area contributed by atoms with Gasteiger partial charge in [-0.3, -0.25) is 25.2 Å². The third-order valence-electron chi connectivity index (χ3n) is 7.71. The Bertz CT molecular complexity index is 2470. The van der Waals surface area contributed by atoms with Crippen LogP contribution in [0, 0.1) is 20.2 Å². The summed E-state index contributed by atoms with van der Waals surface area (Å²) in [6, 6.07) is 31.1. The molecule has 0 fully saturated rings. The molecular formula is C36H22ClF3N6O6. The molecule has 12 nitrogen and oxygen atoms in total. The predicted molar refractivity (Wildman–Crippen MR) is 190 cm³/mol. The van der Waals surface area contributed by atoms with E-state index in [-0.39, 0.29) is 39.5 Å². The van der Waals surface area contributed by atoms with E-state index in [1.165, 1.54) is 24.3 Å². The van der Waals surface area contributed by atoms with Crippen LogP contribution in [0.3, 0.4) is 0 Å². The molecule has 1 heterocycles. The molecule has 0 aliphatic rings. The summed E-state index contributed by atoms with van der Waals surface area (Å²) >= 11 is 5.56. The van der Waals surface area contributed by atoms with Gasteiger partial charge in [0.1, 0.15) is 5.75 Å². The Labute approximate surface area is 295 Å². The minimum absolute atomic E-state index is 0.0210. The average molecular weight is 727 g/mol. The van der Waals surface area contributed by atoms with Gasteiger partial charge in [0.2, 0.25) is 5.52 Å². The van der Waals surface area contributed by atoms with Crippen molar-refractivity contribution in [3.8, 4) is 16.9 Å². The number of nitrogens with zero attached hydrogens (tertiary/aromatic N) is 5.